The number of hydrogen-bond donors (Lipinski definition) is 2. The van der Waals surface area contributed by atoms with Crippen LogP contribution in [0.2, 0.25) is 0 Å². The number of thiazole rings is 1. The van der Waals surface area contributed by atoms with Gasteiger partial charge in [-0.25, -0.2) is 4.98 Å². The molecule has 1 aromatic heterocycles. The van der Waals surface area contributed by atoms with Crippen molar-refractivity contribution in [2.45, 2.75) is 44.1 Å². The fourth-order valence-corrected chi connectivity index (χ4v) is 4.36. The molecule has 0 radical (unpaired) electrons. The maximum Gasteiger partial charge on any atom is 0.220 e. The molecule has 0 saturated heterocycles. The molecule has 1 fully saturated rings. The summed E-state index contributed by atoms with van der Waals surface area (Å²) in [6, 6.07) is 6.09. The molecule has 0 aliphatic heterocycles. The molecule has 134 valence electrons. The summed E-state index contributed by atoms with van der Waals surface area (Å²) in [7, 11) is 0. The van der Waals surface area contributed by atoms with E-state index in [1.807, 2.05) is 12.1 Å². The van der Waals surface area contributed by atoms with Gasteiger partial charge in [0.2, 0.25) is 5.91 Å². The van der Waals surface area contributed by atoms with Crippen molar-refractivity contribution in [2.24, 2.45) is 5.73 Å². The van der Waals surface area contributed by atoms with Gasteiger partial charge in [-0.3, -0.25) is 4.79 Å². The first-order valence-corrected chi connectivity index (χ1v) is 9.27. The summed E-state index contributed by atoms with van der Waals surface area (Å²) in [5.41, 5.74) is 6.69. The van der Waals surface area contributed by atoms with Crippen molar-refractivity contribution in [3.8, 4) is 0 Å². The molecule has 0 unspecified atom stereocenters. The van der Waals surface area contributed by atoms with Crippen LogP contribution in [0.25, 0.3) is 10.2 Å². The number of aromatic nitrogens is 1. The van der Waals surface area contributed by atoms with Crippen LogP contribution >= 0.6 is 52.1 Å². The molecular formula is C16H22BrCl2N3OS. The molecule has 1 aliphatic carbocycles. The summed E-state index contributed by atoms with van der Waals surface area (Å²) in [5.74, 6) is 0.0905. The van der Waals surface area contributed by atoms with Crippen LogP contribution in [0.1, 0.15) is 37.1 Å². The van der Waals surface area contributed by atoms with E-state index in [2.05, 4.69) is 32.3 Å². The first-order valence-electron chi connectivity index (χ1n) is 7.66. The number of halogens is 3. The van der Waals surface area contributed by atoms with E-state index in [9.17, 15) is 4.79 Å². The molecule has 2 aromatic rings. The fourth-order valence-electron chi connectivity index (χ4n) is 3.07. The Labute approximate surface area is 166 Å². The lowest BCUT2D eigenvalue weighted by Crippen LogP contribution is -2.51. The van der Waals surface area contributed by atoms with Gasteiger partial charge in [0.25, 0.3) is 0 Å². The molecule has 0 spiro atoms. The van der Waals surface area contributed by atoms with Crippen LogP contribution in [0.3, 0.4) is 0 Å². The Kier molecular flexibility index (Phi) is 8.42. The van der Waals surface area contributed by atoms with Crippen molar-refractivity contribution in [1.29, 1.82) is 0 Å². The number of carbonyl (C=O) groups is 1. The molecule has 1 aliphatic rings. The van der Waals surface area contributed by atoms with Gasteiger partial charge in [-0.05, 0) is 31.0 Å². The molecule has 0 atom stereocenters. The van der Waals surface area contributed by atoms with Crippen LogP contribution in [0.5, 0.6) is 0 Å². The molecular weight excluding hydrogens is 433 g/mol. The van der Waals surface area contributed by atoms with Crippen molar-refractivity contribution in [1.82, 2.24) is 10.3 Å². The number of rotatable bonds is 5. The van der Waals surface area contributed by atoms with Crippen LogP contribution in [0, 0.1) is 0 Å². The first kappa shape index (κ1) is 21.6. The maximum atomic E-state index is 12.2. The number of fused-ring (bicyclic) bond motifs is 1. The van der Waals surface area contributed by atoms with Crippen molar-refractivity contribution < 1.29 is 4.79 Å². The zero-order valence-corrected chi connectivity index (χ0v) is 17.3. The number of nitrogens with zero attached hydrogens (tertiary/aromatic N) is 1. The maximum absolute atomic E-state index is 12.2. The molecule has 4 nitrogen and oxygen atoms in total. The minimum Gasteiger partial charge on any atom is -0.349 e. The van der Waals surface area contributed by atoms with Crippen LogP contribution in [0.15, 0.2) is 22.7 Å². The van der Waals surface area contributed by atoms with Gasteiger partial charge < -0.3 is 11.1 Å². The monoisotopic (exact) mass is 453 g/mol. The molecule has 1 amide bonds. The normalized spacial score (nSPS) is 15.6. The van der Waals surface area contributed by atoms with E-state index in [1.165, 1.54) is 0 Å². The SMILES string of the molecule is Cl.Cl.NCC1(NC(=O)CCc2nc3cc(Br)ccc3s2)CCCC1. The number of carbonyl (C=O) groups excluding carboxylic acids is 1. The van der Waals surface area contributed by atoms with E-state index < -0.39 is 0 Å². The van der Waals surface area contributed by atoms with Crippen LogP contribution in [-0.2, 0) is 11.2 Å². The lowest BCUT2D eigenvalue weighted by molar-refractivity contribution is -0.122. The third kappa shape index (κ3) is 5.05. The summed E-state index contributed by atoms with van der Waals surface area (Å²) >= 11 is 5.11. The quantitative estimate of drug-likeness (QED) is 0.710. The predicted octanol–water partition coefficient (Wildman–Crippen LogP) is 4.22. The van der Waals surface area contributed by atoms with Crippen molar-refractivity contribution in [2.75, 3.05) is 6.54 Å². The van der Waals surface area contributed by atoms with E-state index >= 15 is 0 Å². The van der Waals surface area contributed by atoms with Crippen molar-refractivity contribution >= 4 is 68.2 Å². The third-order valence-corrected chi connectivity index (χ3v) is 5.91. The molecule has 0 bridgehead atoms. The van der Waals surface area contributed by atoms with Crippen LogP contribution in [0.4, 0.5) is 0 Å². The zero-order chi connectivity index (χ0) is 15.6. The largest absolute Gasteiger partial charge is 0.349 e. The highest BCUT2D eigenvalue weighted by atomic mass is 79.9. The fraction of sp³-hybridized carbons (Fsp3) is 0.500. The zero-order valence-electron chi connectivity index (χ0n) is 13.2. The molecule has 8 heteroatoms. The molecule has 1 saturated carbocycles. The van der Waals surface area contributed by atoms with Crippen LogP contribution < -0.4 is 11.1 Å². The molecule has 1 aromatic carbocycles. The highest BCUT2D eigenvalue weighted by molar-refractivity contribution is 9.10. The Morgan fingerprint density at radius 3 is 2.71 bits per heavy atom. The Morgan fingerprint density at radius 1 is 1.33 bits per heavy atom. The van der Waals surface area contributed by atoms with Crippen LogP contribution in [-0.4, -0.2) is 23.0 Å². The number of amides is 1. The highest BCUT2D eigenvalue weighted by Gasteiger charge is 2.33. The Bertz CT molecular complexity index is 689. The highest BCUT2D eigenvalue weighted by Crippen LogP contribution is 2.29. The second-order valence-electron chi connectivity index (χ2n) is 5.96. The number of aryl methyl sites for hydroxylation is 1. The Balaban J connectivity index is 0.00000144. The van der Waals surface area contributed by atoms with Gasteiger partial charge in [0.1, 0.15) is 0 Å². The third-order valence-electron chi connectivity index (χ3n) is 4.32. The van der Waals surface area contributed by atoms with E-state index in [0.29, 0.717) is 19.4 Å². The van der Waals surface area contributed by atoms with Crippen molar-refractivity contribution in [3.63, 3.8) is 0 Å². The number of nitrogens with two attached hydrogens (primary N) is 1. The van der Waals surface area contributed by atoms with Crippen molar-refractivity contribution in [3.05, 3.63) is 27.7 Å². The second-order valence-corrected chi connectivity index (χ2v) is 7.99. The Hall–Kier alpha value is -0.400. The summed E-state index contributed by atoms with van der Waals surface area (Å²) in [5, 5.41) is 4.17. The topological polar surface area (TPSA) is 68.0 Å². The van der Waals surface area contributed by atoms with E-state index in [0.717, 1.165) is 45.4 Å². The first-order chi connectivity index (χ1) is 10.6. The van der Waals surface area contributed by atoms with Gasteiger partial charge in [-0.15, -0.1) is 36.2 Å². The molecule has 3 N–H and O–H groups in total. The summed E-state index contributed by atoms with van der Waals surface area (Å²) in [6.45, 7) is 0.536. The molecule has 1 heterocycles. The van der Waals surface area contributed by atoms with Gasteiger partial charge in [-0.1, -0.05) is 28.8 Å². The minimum atomic E-state index is -0.157. The lowest BCUT2D eigenvalue weighted by Gasteiger charge is -2.28. The summed E-state index contributed by atoms with van der Waals surface area (Å²) in [4.78, 5) is 16.8. The van der Waals surface area contributed by atoms with E-state index in [-0.39, 0.29) is 36.3 Å². The molecule has 3 rings (SSSR count). The summed E-state index contributed by atoms with van der Waals surface area (Å²) in [6.07, 6.45) is 5.48. The number of nitrogens with one attached hydrogen (secondary N) is 1. The van der Waals surface area contributed by atoms with Gasteiger partial charge in [0.05, 0.1) is 20.8 Å². The van der Waals surface area contributed by atoms with Gasteiger partial charge in [-0.2, -0.15) is 0 Å². The van der Waals surface area contributed by atoms with Gasteiger partial charge in [0, 0.05) is 23.9 Å². The molecule has 24 heavy (non-hydrogen) atoms. The average molecular weight is 455 g/mol. The van der Waals surface area contributed by atoms with E-state index in [4.69, 9.17) is 5.73 Å². The standard InChI is InChI=1S/C16H20BrN3OS.2ClH/c17-11-3-4-13-12(9-11)19-15(22-13)6-5-14(21)20-16(10-18)7-1-2-8-16;;/h3-4,9H,1-2,5-8,10,18H2,(H,20,21);2*1H. The average Bonchev–Trinajstić information content (AvgIpc) is 3.11. The van der Waals surface area contributed by atoms with E-state index in [1.54, 1.807) is 11.3 Å². The lowest BCUT2D eigenvalue weighted by atomic mass is 9.97. The van der Waals surface area contributed by atoms with Gasteiger partial charge in [0.15, 0.2) is 0 Å². The number of benzene rings is 1. The van der Waals surface area contributed by atoms with Gasteiger partial charge >= 0.3 is 0 Å². The smallest absolute Gasteiger partial charge is 0.220 e. The number of hydrogen-bond acceptors (Lipinski definition) is 4. The Morgan fingerprint density at radius 2 is 2.04 bits per heavy atom. The second kappa shape index (κ2) is 9.34. The summed E-state index contributed by atoms with van der Waals surface area (Å²) < 4.78 is 2.19. The minimum absolute atomic E-state index is 0. The predicted molar refractivity (Wildman–Crippen MR) is 109 cm³/mol.